The first-order valence-corrected chi connectivity index (χ1v) is 9.42. The van der Waals surface area contributed by atoms with Crippen molar-refractivity contribution in [2.24, 2.45) is 0 Å². The van der Waals surface area contributed by atoms with Gasteiger partial charge in [-0.05, 0) is 46.3 Å². The lowest BCUT2D eigenvalue weighted by Gasteiger charge is -2.07. The first-order chi connectivity index (χ1) is 13.7. The minimum atomic E-state index is -0.444. The molecular formula is C22H16BrNO4. The standard InChI is InChI=1S/C22H16BrNO4/c1-26-20-9-5-2-6-14(20)12-19-17-11-10-15(13-21(17)28-24-19)27-22(25)16-7-3-4-8-18(16)23/h2-11,13H,12H2,1H3. The summed E-state index contributed by atoms with van der Waals surface area (Å²) in [4.78, 5) is 12.4. The van der Waals surface area contributed by atoms with Gasteiger partial charge in [-0.15, -0.1) is 0 Å². The lowest BCUT2D eigenvalue weighted by Crippen LogP contribution is -2.09. The molecule has 28 heavy (non-hydrogen) atoms. The van der Waals surface area contributed by atoms with E-state index in [1.165, 1.54) is 0 Å². The van der Waals surface area contributed by atoms with Gasteiger partial charge in [-0.3, -0.25) is 0 Å². The minimum absolute atomic E-state index is 0.397. The molecule has 0 unspecified atom stereocenters. The number of methoxy groups -OCH3 is 1. The molecule has 0 atom stereocenters. The van der Waals surface area contributed by atoms with Crippen LogP contribution in [-0.2, 0) is 6.42 Å². The van der Waals surface area contributed by atoms with Crippen molar-refractivity contribution in [3.63, 3.8) is 0 Å². The van der Waals surface area contributed by atoms with Gasteiger partial charge in [0.1, 0.15) is 11.5 Å². The first-order valence-electron chi connectivity index (χ1n) is 8.62. The number of halogens is 1. The van der Waals surface area contributed by atoms with Crippen LogP contribution in [0.25, 0.3) is 11.0 Å². The normalized spacial score (nSPS) is 10.8. The second-order valence-corrected chi connectivity index (χ2v) is 7.00. The second kappa shape index (κ2) is 7.86. The fourth-order valence-electron chi connectivity index (χ4n) is 2.98. The Balaban J connectivity index is 1.58. The van der Waals surface area contributed by atoms with E-state index in [0.29, 0.717) is 27.8 Å². The zero-order chi connectivity index (χ0) is 19.5. The summed E-state index contributed by atoms with van der Waals surface area (Å²) in [5, 5.41) is 5.05. The molecule has 0 amide bonds. The predicted octanol–water partition coefficient (Wildman–Crippen LogP) is 5.41. The number of carbonyl (C=O) groups is 1. The van der Waals surface area contributed by atoms with Crippen LogP contribution in [-0.4, -0.2) is 18.2 Å². The average molecular weight is 438 g/mol. The summed E-state index contributed by atoms with van der Waals surface area (Å²) < 4.78 is 17.0. The highest BCUT2D eigenvalue weighted by molar-refractivity contribution is 9.10. The topological polar surface area (TPSA) is 61.6 Å². The van der Waals surface area contributed by atoms with Gasteiger partial charge in [-0.1, -0.05) is 35.5 Å². The van der Waals surface area contributed by atoms with Gasteiger partial charge >= 0.3 is 5.97 Å². The molecule has 0 bridgehead atoms. The van der Waals surface area contributed by atoms with Gasteiger partial charge in [-0.25, -0.2) is 4.79 Å². The number of benzene rings is 3. The number of ether oxygens (including phenoxy) is 2. The summed E-state index contributed by atoms with van der Waals surface area (Å²) in [6, 6.07) is 20.2. The number of nitrogens with zero attached hydrogens (tertiary/aromatic N) is 1. The van der Waals surface area contributed by atoms with E-state index in [1.54, 1.807) is 37.4 Å². The maximum absolute atomic E-state index is 12.4. The number of carbonyl (C=O) groups excluding carboxylic acids is 1. The van der Waals surface area contributed by atoms with E-state index in [0.717, 1.165) is 22.4 Å². The van der Waals surface area contributed by atoms with E-state index in [-0.39, 0.29) is 0 Å². The third-order valence-electron chi connectivity index (χ3n) is 4.37. The Morgan fingerprint density at radius 2 is 1.86 bits per heavy atom. The number of hydrogen-bond acceptors (Lipinski definition) is 5. The highest BCUT2D eigenvalue weighted by Crippen LogP contribution is 2.28. The molecule has 6 heteroatoms. The number of fused-ring (bicyclic) bond motifs is 1. The van der Waals surface area contributed by atoms with Crippen molar-refractivity contribution >= 4 is 32.9 Å². The zero-order valence-electron chi connectivity index (χ0n) is 15.0. The van der Waals surface area contributed by atoms with E-state index in [1.807, 2.05) is 36.4 Å². The smallest absolute Gasteiger partial charge is 0.344 e. The van der Waals surface area contributed by atoms with Gasteiger partial charge in [-0.2, -0.15) is 0 Å². The van der Waals surface area contributed by atoms with Crippen molar-refractivity contribution in [3.05, 3.63) is 88.0 Å². The van der Waals surface area contributed by atoms with Crippen LogP contribution in [0.5, 0.6) is 11.5 Å². The molecule has 3 aromatic carbocycles. The molecule has 0 aliphatic heterocycles. The van der Waals surface area contributed by atoms with Gasteiger partial charge in [0.2, 0.25) is 0 Å². The maximum atomic E-state index is 12.4. The molecule has 0 aliphatic rings. The quantitative estimate of drug-likeness (QED) is 0.308. The number of hydrogen-bond donors (Lipinski definition) is 0. The Morgan fingerprint density at radius 3 is 2.68 bits per heavy atom. The highest BCUT2D eigenvalue weighted by Gasteiger charge is 2.15. The molecule has 0 aliphatic carbocycles. The van der Waals surface area contributed by atoms with Gasteiger partial charge < -0.3 is 14.0 Å². The van der Waals surface area contributed by atoms with Gasteiger partial charge in [0, 0.05) is 27.9 Å². The Bertz CT molecular complexity index is 1150. The summed E-state index contributed by atoms with van der Waals surface area (Å²) in [7, 11) is 1.64. The molecule has 140 valence electrons. The van der Waals surface area contributed by atoms with Crippen LogP contribution in [0.1, 0.15) is 21.6 Å². The van der Waals surface area contributed by atoms with Gasteiger partial charge in [0.05, 0.1) is 18.4 Å². The predicted molar refractivity (Wildman–Crippen MR) is 109 cm³/mol. The third-order valence-corrected chi connectivity index (χ3v) is 5.06. The summed E-state index contributed by atoms with van der Waals surface area (Å²) in [5.74, 6) is 0.756. The Morgan fingerprint density at radius 1 is 1.07 bits per heavy atom. The van der Waals surface area contributed by atoms with Crippen LogP contribution in [0.3, 0.4) is 0 Å². The Hall–Kier alpha value is -3.12. The van der Waals surface area contributed by atoms with Crippen LogP contribution in [0.2, 0.25) is 0 Å². The zero-order valence-corrected chi connectivity index (χ0v) is 16.6. The van der Waals surface area contributed by atoms with E-state index in [9.17, 15) is 4.79 Å². The van der Waals surface area contributed by atoms with Crippen molar-refractivity contribution in [1.29, 1.82) is 0 Å². The van der Waals surface area contributed by atoms with Crippen molar-refractivity contribution in [2.45, 2.75) is 6.42 Å². The number of rotatable bonds is 5. The van der Waals surface area contributed by atoms with Crippen LogP contribution < -0.4 is 9.47 Å². The molecule has 4 rings (SSSR count). The van der Waals surface area contributed by atoms with Crippen LogP contribution >= 0.6 is 15.9 Å². The third kappa shape index (κ3) is 3.64. The summed E-state index contributed by atoms with van der Waals surface area (Å²) >= 11 is 3.36. The molecule has 0 radical (unpaired) electrons. The first kappa shape index (κ1) is 18.3. The van der Waals surface area contributed by atoms with Gasteiger partial charge in [0.15, 0.2) is 5.58 Å². The van der Waals surface area contributed by atoms with Crippen molar-refractivity contribution in [3.8, 4) is 11.5 Å². The molecule has 1 heterocycles. The molecule has 0 saturated heterocycles. The van der Waals surface area contributed by atoms with Crippen molar-refractivity contribution in [1.82, 2.24) is 5.16 Å². The maximum Gasteiger partial charge on any atom is 0.344 e. The second-order valence-electron chi connectivity index (χ2n) is 6.15. The number of para-hydroxylation sites is 1. The van der Waals surface area contributed by atoms with E-state index in [4.69, 9.17) is 14.0 Å². The van der Waals surface area contributed by atoms with Crippen molar-refractivity contribution in [2.75, 3.05) is 7.11 Å². The average Bonchev–Trinajstić information content (AvgIpc) is 3.10. The monoisotopic (exact) mass is 437 g/mol. The number of aromatic nitrogens is 1. The molecule has 4 aromatic rings. The van der Waals surface area contributed by atoms with Crippen molar-refractivity contribution < 1.29 is 18.8 Å². The van der Waals surface area contributed by atoms with Crippen LogP contribution in [0.15, 0.2) is 75.7 Å². The Labute approximate surface area is 170 Å². The molecule has 0 saturated carbocycles. The van der Waals surface area contributed by atoms with E-state index < -0.39 is 5.97 Å². The fourth-order valence-corrected chi connectivity index (χ4v) is 3.43. The van der Waals surface area contributed by atoms with Crippen LogP contribution in [0.4, 0.5) is 0 Å². The molecule has 1 aromatic heterocycles. The number of esters is 1. The molecule has 0 fully saturated rings. The van der Waals surface area contributed by atoms with Gasteiger partial charge in [0.25, 0.3) is 0 Å². The SMILES string of the molecule is COc1ccccc1Cc1noc2cc(OC(=O)c3ccccc3Br)ccc12. The van der Waals surface area contributed by atoms with Crippen LogP contribution in [0, 0.1) is 0 Å². The van der Waals surface area contributed by atoms with E-state index >= 15 is 0 Å². The molecular weight excluding hydrogens is 422 g/mol. The highest BCUT2D eigenvalue weighted by atomic mass is 79.9. The summed E-state index contributed by atoms with van der Waals surface area (Å²) in [6.45, 7) is 0. The lowest BCUT2D eigenvalue weighted by atomic mass is 10.1. The molecule has 0 N–H and O–H groups in total. The summed E-state index contributed by atoms with van der Waals surface area (Å²) in [5.41, 5.74) is 2.83. The molecule has 5 nitrogen and oxygen atoms in total. The van der Waals surface area contributed by atoms with E-state index in [2.05, 4.69) is 21.1 Å². The lowest BCUT2D eigenvalue weighted by molar-refractivity contribution is 0.0734. The minimum Gasteiger partial charge on any atom is -0.496 e. The largest absolute Gasteiger partial charge is 0.496 e. The fraction of sp³-hybridized carbons (Fsp3) is 0.0909. The summed E-state index contributed by atoms with van der Waals surface area (Å²) in [6.07, 6.45) is 0.576. The Kier molecular flexibility index (Phi) is 5.12. The molecule has 0 spiro atoms.